The standard InChI is InChI=1S/C10H20N2O/c1-12(11)10(13)8-4-7-9-5-2-3-6-9/h9H,2-8,11H2,1H3. The van der Waals surface area contributed by atoms with Crippen molar-refractivity contribution in [3.05, 3.63) is 0 Å². The van der Waals surface area contributed by atoms with Crippen molar-refractivity contribution in [2.75, 3.05) is 7.05 Å². The number of amides is 1. The summed E-state index contributed by atoms with van der Waals surface area (Å²) in [5.41, 5.74) is 0. The summed E-state index contributed by atoms with van der Waals surface area (Å²) in [6.07, 6.45) is 8.33. The number of nitrogens with two attached hydrogens (primary N) is 1. The minimum atomic E-state index is 0.0537. The van der Waals surface area contributed by atoms with Crippen LogP contribution in [0.4, 0.5) is 0 Å². The number of hydrogen-bond acceptors (Lipinski definition) is 2. The maximum absolute atomic E-state index is 11.1. The highest BCUT2D eigenvalue weighted by Gasteiger charge is 2.15. The van der Waals surface area contributed by atoms with E-state index in [0.29, 0.717) is 6.42 Å². The lowest BCUT2D eigenvalue weighted by Crippen LogP contribution is -2.32. The first-order chi connectivity index (χ1) is 6.20. The van der Waals surface area contributed by atoms with Crippen molar-refractivity contribution in [2.24, 2.45) is 11.8 Å². The molecule has 0 radical (unpaired) electrons. The topological polar surface area (TPSA) is 46.3 Å². The largest absolute Gasteiger partial charge is 0.284 e. The van der Waals surface area contributed by atoms with Crippen LogP contribution in [0.25, 0.3) is 0 Å². The molecule has 1 aliphatic rings. The minimum absolute atomic E-state index is 0.0537. The zero-order chi connectivity index (χ0) is 9.68. The lowest BCUT2D eigenvalue weighted by molar-refractivity contribution is -0.130. The molecule has 13 heavy (non-hydrogen) atoms. The molecular formula is C10H20N2O. The Morgan fingerprint density at radius 1 is 1.46 bits per heavy atom. The van der Waals surface area contributed by atoms with Gasteiger partial charge in [-0.2, -0.15) is 0 Å². The molecule has 0 aromatic rings. The SMILES string of the molecule is CN(N)C(=O)CCCC1CCCC1. The number of carbonyl (C=O) groups excluding carboxylic acids is 1. The van der Waals surface area contributed by atoms with Crippen molar-refractivity contribution in [3.8, 4) is 0 Å². The van der Waals surface area contributed by atoms with Crippen LogP contribution < -0.4 is 5.84 Å². The summed E-state index contributed by atoms with van der Waals surface area (Å²) < 4.78 is 0. The second-order valence-corrected chi connectivity index (χ2v) is 4.05. The van der Waals surface area contributed by atoms with Gasteiger partial charge in [0.05, 0.1) is 0 Å². The first-order valence-corrected chi connectivity index (χ1v) is 5.21. The maximum atomic E-state index is 11.1. The van der Waals surface area contributed by atoms with Crippen LogP contribution in [-0.4, -0.2) is 18.0 Å². The molecule has 0 atom stereocenters. The Hall–Kier alpha value is -0.570. The van der Waals surface area contributed by atoms with Crippen molar-refractivity contribution in [1.82, 2.24) is 5.01 Å². The molecule has 1 fully saturated rings. The normalized spacial score (nSPS) is 17.7. The van der Waals surface area contributed by atoms with Gasteiger partial charge >= 0.3 is 0 Å². The van der Waals surface area contributed by atoms with Crippen LogP contribution in [-0.2, 0) is 4.79 Å². The molecule has 1 saturated carbocycles. The van der Waals surface area contributed by atoms with Gasteiger partial charge in [-0.05, 0) is 18.8 Å². The molecule has 3 nitrogen and oxygen atoms in total. The molecule has 0 heterocycles. The highest BCUT2D eigenvalue weighted by molar-refractivity contribution is 5.75. The van der Waals surface area contributed by atoms with Crippen LogP contribution in [0, 0.1) is 5.92 Å². The number of nitrogens with zero attached hydrogens (tertiary/aromatic N) is 1. The van der Waals surface area contributed by atoms with Crippen LogP contribution in [0.1, 0.15) is 44.9 Å². The molecule has 0 aromatic carbocycles. The minimum Gasteiger partial charge on any atom is -0.284 e. The molecule has 0 spiro atoms. The summed E-state index contributed by atoms with van der Waals surface area (Å²) in [6.45, 7) is 0. The fraction of sp³-hybridized carbons (Fsp3) is 0.900. The first kappa shape index (κ1) is 10.5. The monoisotopic (exact) mass is 184 g/mol. The molecule has 0 aliphatic heterocycles. The highest BCUT2D eigenvalue weighted by Crippen LogP contribution is 2.28. The van der Waals surface area contributed by atoms with E-state index in [9.17, 15) is 4.79 Å². The van der Waals surface area contributed by atoms with E-state index in [0.717, 1.165) is 12.3 Å². The molecule has 0 unspecified atom stereocenters. The van der Waals surface area contributed by atoms with E-state index in [4.69, 9.17) is 5.84 Å². The predicted molar refractivity (Wildman–Crippen MR) is 52.8 cm³/mol. The molecule has 1 amide bonds. The summed E-state index contributed by atoms with van der Waals surface area (Å²) in [5.74, 6) is 6.25. The molecule has 76 valence electrons. The molecule has 2 N–H and O–H groups in total. The van der Waals surface area contributed by atoms with E-state index >= 15 is 0 Å². The van der Waals surface area contributed by atoms with Crippen LogP contribution in [0.3, 0.4) is 0 Å². The first-order valence-electron chi connectivity index (χ1n) is 5.21. The second kappa shape index (κ2) is 5.22. The van der Waals surface area contributed by atoms with E-state index in [1.165, 1.54) is 37.1 Å². The molecule has 0 saturated heterocycles. The third-order valence-electron chi connectivity index (χ3n) is 2.87. The zero-order valence-corrected chi connectivity index (χ0v) is 8.46. The fourth-order valence-electron chi connectivity index (χ4n) is 2.02. The van der Waals surface area contributed by atoms with E-state index in [2.05, 4.69) is 0 Å². The second-order valence-electron chi connectivity index (χ2n) is 4.05. The van der Waals surface area contributed by atoms with Gasteiger partial charge < -0.3 is 0 Å². The Kier molecular flexibility index (Phi) is 4.22. The third-order valence-corrected chi connectivity index (χ3v) is 2.87. The Morgan fingerprint density at radius 3 is 2.62 bits per heavy atom. The molecule has 0 aromatic heterocycles. The van der Waals surface area contributed by atoms with Gasteiger partial charge in [-0.15, -0.1) is 0 Å². The Morgan fingerprint density at radius 2 is 2.08 bits per heavy atom. The third kappa shape index (κ3) is 3.77. The van der Waals surface area contributed by atoms with Gasteiger partial charge in [-0.3, -0.25) is 9.80 Å². The summed E-state index contributed by atoms with van der Waals surface area (Å²) >= 11 is 0. The van der Waals surface area contributed by atoms with Gasteiger partial charge in [-0.1, -0.05) is 25.7 Å². The average molecular weight is 184 g/mol. The van der Waals surface area contributed by atoms with Crippen molar-refractivity contribution in [3.63, 3.8) is 0 Å². The Bertz CT molecular complexity index is 162. The van der Waals surface area contributed by atoms with Gasteiger partial charge in [0, 0.05) is 13.5 Å². The maximum Gasteiger partial charge on any atom is 0.236 e. The van der Waals surface area contributed by atoms with Gasteiger partial charge in [0.25, 0.3) is 0 Å². The van der Waals surface area contributed by atoms with Gasteiger partial charge in [0.15, 0.2) is 0 Å². The fourth-order valence-corrected chi connectivity index (χ4v) is 2.02. The molecule has 3 heteroatoms. The van der Waals surface area contributed by atoms with Crippen molar-refractivity contribution < 1.29 is 4.79 Å². The van der Waals surface area contributed by atoms with E-state index in [1.54, 1.807) is 7.05 Å². The van der Waals surface area contributed by atoms with Crippen LogP contribution >= 0.6 is 0 Å². The van der Waals surface area contributed by atoms with Gasteiger partial charge in [0.2, 0.25) is 5.91 Å². The van der Waals surface area contributed by atoms with Crippen LogP contribution in [0.5, 0.6) is 0 Å². The summed E-state index contributed by atoms with van der Waals surface area (Å²) in [6, 6.07) is 0. The van der Waals surface area contributed by atoms with Crippen LogP contribution in [0.2, 0.25) is 0 Å². The van der Waals surface area contributed by atoms with Crippen molar-refractivity contribution in [2.45, 2.75) is 44.9 Å². The van der Waals surface area contributed by atoms with Gasteiger partial charge in [0.1, 0.15) is 0 Å². The van der Waals surface area contributed by atoms with E-state index < -0.39 is 0 Å². The number of rotatable bonds is 4. The molecule has 1 aliphatic carbocycles. The predicted octanol–water partition coefficient (Wildman–Crippen LogP) is 1.68. The molecule has 0 bridgehead atoms. The zero-order valence-electron chi connectivity index (χ0n) is 8.46. The lowest BCUT2D eigenvalue weighted by atomic mass is 10.0. The summed E-state index contributed by atoms with van der Waals surface area (Å²) in [7, 11) is 1.61. The Balaban J connectivity index is 2.03. The van der Waals surface area contributed by atoms with Crippen LogP contribution in [0.15, 0.2) is 0 Å². The average Bonchev–Trinajstić information content (AvgIpc) is 2.56. The molecule has 1 rings (SSSR count). The lowest BCUT2D eigenvalue weighted by Gasteiger charge is -2.11. The van der Waals surface area contributed by atoms with Gasteiger partial charge in [-0.25, -0.2) is 5.84 Å². The van der Waals surface area contributed by atoms with Crippen molar-refractivity contribution in [1.29, 1.82) is 0 Å². The highest BCUT2D eigenvalue weighted by atomic mass is 16.2. The summed E-state index contributed by atoms with van der Waals surface area (Å²) in [4.78, 5) is 11.1. The summed E-state index contributed by atoms with van der Waals surface area (Å²) in [5, 5.41) is 1.19. The molecular weight excluding hydrogens is 164 g/mol. The Labute approximate surface area is 80.2 Å². The number of carbonyl (C=O) groups is 1. The van der Waals surface area contributed by atoms with E-state index in [-0.39, 0.29) is 5.91 Å². The number of hydrogen-bond donors (Lipinski definition) is 1. The number of hydrazine groups is 1. The van der Waals surface area contributed by atoms with Crippen molar-refractivity contribution >= 4 is 5.91 Å². The quantitative estimate of drug-likeness (QED) is 0.410. The smallest absolute Gasteiger partial charge is 0.236 e. The van der Waals surface area contributed by atoms with E-state index in [1.807, 2.05) is 0 Å².